The van der Waals surface area contributed by atoms with Gasteiger partial charge in [-0.1, -0.05) is 47.5 Å². The summed E-state index contributed by atoms with van der Waals surface area (Å²) in [6.45, 7) is 4.39. The second-order valence-electron chi connectivity index (χ2n) is 6.94. The van der Waals surface area contributed by atoms with E-state index in [0.29, 0.717) is 23.2 Å². The van der Waals surface area contributed by atoms with Gasteiger partial charge in [-0.2, -0.15) is 0 Å². The van der Waals surface area contributed by atoms with Gasteiger partial charge in [-0.25, -0.2) is 4.79 Å². The van der Waals surface area contributed by atoms with E-state index < -0.39 is 5.76 Å². The number of hydrogen-bond acceptors (Lipinski definition) is 3. The van der Waals surface area contributed by atoms with Gasteiger partial charge in [-0.15, -0.1) is 0 Å². The first-order chi connectivity index (χ1) is 13.5. The predicted octanol–water partition coefficient (Wildman–Crippen LogP) is 4.51. The molecule has 0 bridgehead atoms. The van der Waals surface area contributed by atoms with Crippen molar-refractivity contribution in [2.45, 2.75) is 20.4 Å². The molecule has 5 heteroatoms. The molecule has 140 valence electrons. The summed E-state index contributed by atoms with van der Waals surface area (Å²) in [5.74, 6) is -0.673. The Balaban J connectivity index is 1.65. The third kappa shape index (κ3) is 3.60. The second kappa shape index (κ2) is 7.19. The molecule has 0 aliphatic rings. The molecule has 1 aromatic heterocycles. The van der Waals surface area contributed by atoms with E-state index in [1.807, 2.05) is 62.4 Å². The van der Waals surface area contributed by atoms with E-state index in [1.54, 1.807) is 22.8 Å². The van der Waals surface area contributed by atoms with Gasteiger partial charge in [0, 0.05) is 11.3 Å². The number of aryl methyl sites for hydroxylation is 2. The number of carbonyl (C=O) groups is 1. The van der Waals surface area contributed by atoms with Crippen LogP contribution in [-0.4, -0.2) is 10.5 Å². The quantitative estimate of drug-likeness (QED) is 0.573. The van der Waals surface area contributed by atoms with E-state index in [9.17, 15) is 9.59 Å². The zero-order valence-corrected chi connectivity index (χ0v) is 15.7. The van der Waals surface area contributed by atoms with Crippen LogP contribution < -0.4 is 11.1 Å². The molecule has 0 saturated carbocycles. The Morgan fingerprint density at radius 3 is 2.25 bits per heavy atom. The Morgan fingerprint density at radius 2 is 1.57 bits per heavy atom. The molecule has 4 rings (SSSR count). The molecule has 0 saturated heterocycles. The SMILES string of the molecule is Cc1ccc(Cn2c(=O)oc3ccc(C(=O)Nc4ccc(C)cc4)cc32)cc1. The fourth-order valence-electron chi connectivity index (χ4n) is 3.07. The van der Waals surface area contributed by atoms with E-state index in [1.165, 1.54) is 0 Å². The van der Waals surface area contributed by atoms with Gasteiger partial charge < -0.3 is 9.73 Å². The lowest BCUT2D eigenvalue weighted by molar-refractivity contribution is 0.102. The van der Waals surface area contributed by atoms with Crippen LogP contribution in [0.15, 0.2) is 75.9 Å². The van der Waals surface area contributed by atoms with Gasteiger partial charge >= 0.3 is 5.76 Å². The van der Waals surface area contributed by atoms with E-state index in [4.69, 9.17) is 4.42 Å². The summed E-state index contributed by atoms with van der Waals surface area (Å²) >= 11 is 0. The summed E-state index contributed by atoms with van der Waals surface area (Å²) in [5.41, 5.74) is 5.52. The number of fused-ring (bicyclic) bond motifs is 1. The molecule has 1 amide bonds. The van der Waals surface area contributed by atoms with Crippen LogP contribution >= 0.6 is 0 Å². The summed E-state index contributed by atoms with van der Waals surface area (Å²) in [5, 5.41) is 2.88. The number of hydrogen-bond donors (Lipinski definition) is 1. The number of oxazole rings is 1. The first-order valence-corrected chi connectivity index (χ1v) is 9.06. The van der Waals surface area contributed by atoms with Crippen molar-refractivity contribution in [2.24, 2.45) is 0 Å². The number of amides is 1. The minimum atomic E-state index is -0.438. The number of carbonyl (C=O) groups excluding carboxylic acids is 1. The number of benzene rings is 3. The maximum atomic E-state index is 12.6. The van der Waals surface area contributed by atoms with Crippen LogP contribution in [0.5, 0.6) is 0 Å². The number of nitrogens with zero attached hydrogens (tertiary/aromatic N) is 1. The van der Waals surface area contributed by atoms with E-state index in [0.717, 1.165) is 22.4 Å². The van der Waals surface area contributed by atoms with Gasteiger partial charge in [-0.05, 0) is 49.7 Å². The molecular formula is C23H20N2O3. The van der Waals surface area contributed by atoms with Gasteiger partial charge in [0.15, 0.2) is 5.58 Å². The highest BCUT2D eigenvalue weighted by molar-refractivity contribution is 6.05. The first-order valence-electron chi connectivity index (χ1n) is 9.06. The number of anilines is 1. The third-order valence-electron chi connectivity index (χ3n) is 4.70. The van der Waals surface area contributed by atoms with Gasteiger partial charge in [0.2, 0.25) is 0 Å². The summed E-state index contributed by atoms with van der Waals surface area (Å²) in [6, 6.07) is 20.6. The van der Waals surface area contributed by atoms with Crippen LogP contribution in [0, 0.1) is 13.8 Å². The average molecular weight is 372 g/mol. The maximum Gasteiger partial charge on any atom is 0.420 e. The normalized spacial score (nSPS) is 10.9. The lowest BCUT2D eigenvalue weighted by Crippen LogP contribution is -2.15. The maximum absolute atomic E-state index is 12.6. The number of aromatic nitrogens is 1. The average Bonchev–Trinajstić information content (AvgIpc) is 3.00. The highest BCUT2D eigenvalue weighted by Crippen LogP contribution is 2.18. The molecule has 4 aromatic rings. The summed E-state index contributed by atoms with van der Waals surface area (Å²) < 4.78 is 6.88. The molecule has 28 heavy (non-hydrogen) atoms. The van der Waals surface area contributed by atoms with Crippen molar-refractivity contribution >= 4 is 22.7 Å². The molecule has 0 unspecified atom stereocenters. The van der Waals surface area contributed by atoms with Crippen molar-refractivity contribution in [3.8, 4) is 0 Å². The van der Waals surface area contributed by atoms with E-state index >= 15 is 0 Å². The molecule has 0 atom stereocenters. The minimum absolute atomic E-state index is 0.235. The van der Waals surface area contributed by atoms with Crippen molar-refractivity contribution < 1.29 is 9.21 Å². The summed E-state index contributed by atoms with van der Waals surface area (Å²) in [6.07, 6.45) is 0. The van der Waals surface area contributed by atoms with Gasteiger partial charge in [0.05, 0.1) is 12.1 Å². The van der Waals surface area contributed by atoms with Crippen LogP contribution in [0.1, 0.15) is 27.0 Å². The van der Waals surface area contributed by atoms with Crippen LogP contribution in [0.2, 0.25) is 0 Å². The predicted molar refractivity (Wildman–Crippen MR) is 110 cm³/mol. The standard InChI is InChI=1S/C23H20N2O3/c1-15-3-7-17(8-4-15)14-25-20-13-18(9-12-21(20)28-23(25)27)22(26)24-19-10-5-16(2)6-11-19/h3-13H,14H2,1-2H3,(H,24,26). The van der Waals surface area contributed by atoms with Crippen molar-refractivity contribution in [2.75, 3.05) is 5.32 Å². The summed E-state index contributed by atoms with van der Waals surface area (Å²) in [4.78, 5) is 24.9. The fourth-order valence-corrected chi connectivity index (χ4v) is 3.07. The Hall–Kier alpha value is -3.60. The van der Waals surface area contributed by atoms with E-state index in [-0.39, 0.29) is 5.91 Å². The van der Waals surface area contributed by atoms with Gasteiger partial charge in [0.25, 0.3) is 5.91 Å². The topological polar surface area (TPSA) is 64.2 Å². The third-order valence-corrected chi connectivity index (χ3v) is 4.70. The minimum Gasteiger partial charge on any atom is -0.408 e. The monoisotopic (exact) mass is 372 g/mol. The molecule has 0 spiro atoms. The molecule has 0 fully saturated rings. The van der Waals surface area contributed by atoms with Gasteiger partial charge in [0.1, 0.15) is 0 Å². The second-order valence-corrected chi connectivity index (χ2v) is 6.94. The highest BCUT2D eigenvalue weighted by atomic mass is 16.4. The molecule has 1 N–H and O–H groups in total. The van der Waals surface area contributed by atoms with Crippen LogP contribution in [0.3, 0.4) is 0 Å². The van der Waals surface area contributed by atoms with Crippen molar-refractivity contribution in [3.05, 3.63) is 99.5 Å². The zero-order chi connectivity index (χ0) is 19.7. The van der Waals surface area contributed by atoms with Crippen LogP contribution in [-0.2, 0) is 6.54 Å². The Morgan fingerprint density at radius 1 is 0.929 bits per heavy atom. The Kier molecular flexibility index (Phi) is 4.57. The molecule has 0 aliphatic heterocycles. The smallest absolute Gasteiger partial charge is 0.408 e. The molecule has 5 nitrogen and oxygen atoms in total. The lowest BCUT2D eigenvalue weighted by Gasteiger charge is -2.07. The Labute approximate surface area is 162 Å². The van der Waals surface area contributed by atoms with Crippen molar-refractivity contribution in [1.29, 1.82) is 0 Å². The summed E-state index contributed by atoms with van der Waals surface area (Å²) in [7, 11) is 0. The Bertz CT molecular complexity index is 1200. The molecular weight excluding hydrogens is 352 g/mol. The number of rotatable bonds is 4. The molecule has 1 heterocycles. The van der Waals surface area contributed by atoms with Crippen molar-refractivity contribution in [3.63, 3.8) is 0 Å². The largest absolute Gasteiger partial charge is 0.420 e. The van der Waals surface area contributed by atoms with Crippen LogP contribution in [0.4, 0.5) is 5.69 Å². The molecule has 0 radical (unpaired) electrons. The van der Waals surface area contributed by atoms with Crippen molar-refractivity contribution in [1.82, 2.24) is 4.57 Å². The lowest BCUT2D eigenvalue weighted by atomic mass is 10.1. The van der Waals surface area contributed by atoms with Gasteiger partial charge in [-0.3, -0.25) is 9.36 Å². The van der Waals surface area contributed by atoms with Crippen LogP contribution in [0.25, 0.3) is 11.1 Å². The highest BCUT2D eigenvalue weighted by Gasteiger charge is 2.14. The first kappa shape index (κ1) is 17.8. The molecule has 0 aliphatic carbocycles. The zero-order valence-electron chi connectivity index (χ0n) is 15.7. The number of nitrogens with one attached hydrogen (secondary N) is 1. The molecule has 3 aromatic carbocycles. The van der Waals surface area contributed by atoms with E-state index in [2.05, 4.69) is 5.32 Å². The fraction of sp³-hybridized carbons (Fsp3) is 0.130.